The summed E-state index contributed by atoms with van der Waals surface area (Å²) in [4.78, 5) is 18.1. The highest BCUT2D eigenvalue weighted by Gasteiger charge is 2.19. The Balaban J connectivity index is 1.74. The van der Waals surface area contributed by atoms with Crippen LogP contribution in [0.2, 0.25) is 0 Å². The van der Waals surface area contributed by atoms with Gasteiger partial charge in [-0.3, -0.25) is 4.79 Å². The van der Waals surface area contributed by atoms with E-state index in [0.717, 1.165) is 26.4 Å². The number of thioether (sulfide) groups is 1. The molecule has 0 aliphatic carbocycles. The molecule has 0 radical (unpaired) electrons. The van der Waals surface area contributed by atoms with Crippen molar-refractivity contribution < 1.29 is 4.79 Å². The van der Waals surface area contributed by atoms with Crippen LogP contribution in [0.1, 0.15) is 22.9 Å². The predicted molar refractivity (Wildman–Crippen MR) is 104 cm³/mol. The number of amides is 1. The standard InChI is InChI=1S/C19H17N3OS2/c1-11-12(2)25-19(15(11)10-20)22-18(23)13(3)24-17-9-8-14-6-4-5-7-16(14)21-17/h4-9,13H,1-3H3,(H,22,23). The summed E-state index contributed by atoms with van der Waals surface area (Å²) >= 11 is 2.85. The largest absolute Gasteiger partial charge is 0.316 e. The molecule has 1 amide bonds. The summed E-state index contributed by atoms with van der Waals surface area (Å²) in [6.07, 6.45) is 0. The first kappa shape index (κ1) is 17.5. The maximum absolute atomic E-state index is 12.5. The summed E-state index contributed by atoms with van der Waals surface area (Å²) in [7, 11) is 0. The van der Waals surface area contributed by atoms with Gasteiger partial charge in [-0.25, -0.2) is 4.98 Å². The Morgan fingerprint density at radius 3 is 2.80 bits per heavy atom. The van der Waals surface area contributed by atoms with Gasteiger partial charge >= 0.3 is 0 Å². The predicted octanol–water partition coefficient (Wildman–Crippen LogP) is 4.90. The maximum atomic E-state index is 12.5. The molecule has 0 aliphatic heterocycles. The number of anilines is 1. The lowest BCUT2D eigenvalue weighted by Crippen LogP contribution is -2.22. The number of carbonyl (C=O) groups is 1. The van der Waals surface area contributed by atoms with E-state index < -0.39 is 0 Å². The van der Waals surface area contributed by atoms with Gasteiger partial charge in [0.25, 0.3) is 0 Å². The van der Waals surface area contributed by atoms with Gasteiger partial charge in [0.05, 0.1) is 21.4 Å². The fourth-order valence-corrected chi connectivity index (χ4v) is 4.25. The second-order valence-corrected chi connectivity index (χ2v) is 8.28. The topological polar surface area (TPSA) is 65.8 Å². The van der Waals surface area contributed by atoms with Crippen LogP contribution in [-0.4, -0.2) is 16.1 Å². The molecule has 1 unspecified atom stereocenters. The van der Waals surface area contributed by atoms with Crippen molar-refractivity contribution >= 4 is 44.9 Å². The molecule has 1 atom stereocenters. The van der Waals surface area contributed by atoms with Crippen LogP contribution >= 0.6 is 23.1 Å². The van der Waals surface area contributed by atoms with Crippen LogP contribution in [0.5, 0.6) is 0 Å². The molecule has 0 saturated heterocycles. The number of pyridine rings is 1. The molecule has 126 valence electrons. The van der Waals surface area contributed by atoms with Gasteiger partial charge in [0, 0.05) is 10.3 Å². The summed E-state index contributed by atoms with van der Waals surface area (Å²) in [5.74, 6) is -0.127. The van der Waals surface area contributed by atoms with E-state index in [0.29, 0.717) is 10.6 Å². The Labute approximate surface area is 154 Å². The second-order valence-electron chi connectivity index (χ2n) is 5.69. The Morgan fingerprint density at radius 2 is 2.04 bits per heavy atom. The fraction of sp³-hybridized carbons (Fsp3) is 0.211. The number of rotatable bonds is 4. The van der Waals surface area contributed by atoms with Gasteiger partial charge in [-0.1, -0.05) is 36.0 Å². The summed E-state index contributed by atoms with van der Waals surface area (Å²) in [6, 6.07) is 14.0. The average molecular weight is 367 g/mol. The number of carbonyl (C=O) groups excluding carboxylic acids is 1. The first-order valence-electron chi connectivity index (χ1n) is 7.83. The first-order valence-corrected chi connectivity index (χ1v) is 9.52. The Hall–Kier alpha value is -2.36. The summed E-state index contributed by atoms with van der Waals surface area (Å²) in [5.41, 5.74) is 2.40. The van der Waals surface area contributed by atoms with Crippen molar-refractivity contribution in [2.45, 2.75) is 31.0 Å². The minimum absolute atomic E-state index is 0.127. The number of nitrogens with zero attached hydrogens (tertiary/aromatic N) is 2. The fourth-order valence-electron chi connectivity index (χ4n) is 2.41. The molecule has 0 spiro atoms. The molecule has 2 heterocycles. The van der Waals surface area contributed by atoms with Crippen molar-refractivity contribution in [3.63, 3.8) is 0 Å². The molecule has 2 aromatic heterocycles. The minimum atomic E-state index is -0.317. The van der Waals surface area contributed by atoms with Crippen molar-refractivity contribution in [2.75, 3.05) is 5.32 Å². The van der Waals surface area contributed by atoms with Gasteiger partial charge in [-0.05, 0) is 38.5 Å². The van der Waals surface area contributed by atoms with Crippen LogP contribution in [0, 0.1) is 25.2 Å². The van der Waals surface area contributed by atoms with E-state index in [2.05, 4.69) is 16.4 Å². The number of hydrogen-bond acceptors (Lipinski definition) is 5. The lowest BCUT2D eigenvalue weighted by Gasteiger charge is -2.11. The molecule has 4 nitrogen and oxygen atoms in total. The number of benzene rings is 1. The molecule has 1 aromatic carbocycles. The average Bonchev–Trinajstić information content (AvgIpc) is 2.88. The third kappa shape index (κ3) is 3.68. The molecule has 0 fully saturated rings. The number of nitriles is 1. The smallest absolute Gasteiger partial charge is 0.238 e. The van der Waals surface area contributed by atoms with Crippen molar-refractivity contribution in [3.8, 4) is 6.07 Å². The SMILES string of the molecule is Cc1sc(NC(=O)C(C)Sc2ccc3ccccc3n2)c(C#N)c1C. The monoisotopic (exact) mass is 367 g/mol. The van der Waals surface area contributed by atoms with Crippen LogP contribution in [0.25, 0.3) is 10.9 Å². The van der Waals surface area contributed by atoms with Gasteiger partial charge in [0.15, 0.2) is 0 Å². The summed E-state index contributed by atoms with van der Waals surface area (Å²) in [6.45, 7) is 5.70. The summed E-state index contributed by atoms with van der Waals surface area (Å²) < 4.78 is 0. The summed E-state index contributed by atoms with van der Waals surface area (Å²) in [5, 5.41) is 14.4. The normalized spacial score (nSPS) is 11.9. The van der Waals surface area contributed by atoms with E-state index >= 15 is 0 Å². The Bertz CT molecular complexity index is 988. The molecule has 3 aromatic rings. The van der Waals surface area contributed by atoms with Gasteiger partial charge in [-0.15, -0.1) is 11.3 Å². The zero-order valence-corrected chi connectivity index (χ0v) is 15.8. The van der Waals surface area contributed by atoms with Crippen LogP contribution in [-0.2, 0) is 4.79 Å². The Morgan fingerprint density at radius 1 is 1.28 bits per heavy atom. The number of fused-ring (bicyclic) bond motifs is 1. The molecular formula is C19H17N3OS2. The van der Waals surface area contributed by atoms with E-state index in [9.17, 15) is 10.1 Å². The molecule has 0 aliphatic rings. The van der Waals surface area contributed by atoms with Gasteiger partial charge < -0.3 is 5.32 Å². The van der Waals surface area contributed by atoms with Crippen LogP contribution in [0.3, 0.4) is 0 Å². The highest BCUT2D eigenvalue weighted by molar-refractivity contribution is 8.00. The van der Waals surface area contributed by atoms with E-state index in [1.807, 2.05) is 57.2 Å². The van der Waals surface area contributed by atoms with Crippen molar-refractivity contribution in [1.82, 2.24) is 4.98 Å². The number of nitrogens with one attached hydrogen (secondary N) is 1. The molecule has 3 rings (SSSR count). The zero-order valence-electron chi connectivity index (χ0n) is 14.2. The van der Waals surface area contributed by atoms with Crippen LogP contribution < -0.4 is 5.32 Å². The minimum Gasteiger partial charge on any atom is -0.316 e. The molecule has 6 heteroatoms. The van der Waals surface area contributed by atoms with E-state index in [4.69, 9.17) is 0 Å². The molecular weight excluding hydrogens is 350 g/mol. The lowest BCUT2D eigenvalue weighted by atomic mass is 10.2. The lowest BCUT2D eigenvalue weighted by molar-refractivity contribution is -0.115. The third-order valence-corrected chi connectivity index (χ3v) is 6.13. The first-order chi connectivity index (χ1) is 12.0. The molecule has 25 heavy (non-hydrogen) atoms. The van der Waals surface area contributed by atoms with E-state index in [-0.39, 0.29) is 11.2 Å². The van der Waals surface area contributed by atoms with E-state index in [1.165, 1.54) is 23.1 Å². The maximum Gasteiger partial charge on any atom is 0.238 e. The van der Waals surface area contributed by atoms with Gasteiger partial charge in [0.2, 0.25) is 5.91 Å². The van der Waals surface area contributed by atoms with Gasteiger partial charge in [0.1, 0.15) is 11.1 Å². The van der Waals surface area contributed by atoms with Crippen LogP contribution in [0.15, 0.2) is 41.4 Å². The quantitative estimate of drug-likeness (QED) is 0.666. The van der Waals surface area contributed by atoms with Crippen molar-refractivity contribution in [2.24, 2.45) is 0 Å². The molecule has 0 saturated carbocycles. The van der Waals surface area contributed by atoms with E-state index in [1.54, 1.807) is 0 Å². The molecule has 0 bridgehead atoms. The van der Waals surface area contributed by atoms with Gasteiger partial charge in [-0.2, -0.15) is 5.26 Å². The third-order valence-electron chi connectivity index (χ3n) is 3.97. The zero-order chi connectivity index (χ0) is 18.0. The van der Waals surface area contributed by atoms with Crippen LogP contribution in [0.4, 0.5) is 5.00 Å². The van der Waals surface area contributed by atoms with Crippen molar-refractivity contribution in [3.05, 3.63) is 52.4 Å². The highest BCUT2D eigenvalue weighted by atomic mass is 32.2. The number of para-hydroxylation sites is 1. The Kier molecular flexibility index (Phi) is 5.07. The number of aromatic nitrogens is 1. The molecule has 1 N–H and O–H groups in total. The highest BCUT2D eigenvalue weighted by Crippen LogP contribution is 2.32. The number of aryl methyl sites for hydroxylation is 1. The van der Waals surface area contributed by atoms with Crippen molar-refractivity contribution in [1.29, 1.82) is 5.26 Å². The number of hydrogen-bond donors (Lipinski definition) is 1. The number of thiophene rings is 1. The second kappa shape index (κ2) is 7.26.